The molecule has 3 aromatic rings. The Bertz CT molecular complexity index is 1040. The second-order valence-electron chi connectivity index (χ2n) is 6.62. The predicted octanol–water partition coefficient (Wildman–Crippen LogP) is 4.90. The van der Waals surface area contributed by atoms with Crippen molar-refractivity contribution in [2.75, 3.05) is 18.5 Å². The monoisotopic (exact) mass is 389 g/mol. The first kappa shape index (κ1) is 18.3. The van der Waals surface area contributed by atoms with Crippen LogP contribution < -0.4 is 14.8 Å². The average molecular weight is 389 g/mol. The molecule has 0 amide bonds. The first-order chi connectivity index (χ1) is 13.3. The summed E-state index contributed by atoms with van der Waals surface area (Å²) in [5, 5.41) is 3.93. The number of anilines is 1. The molecule has 0 saturated heterocycles. The van der Waals surface area contributed by atoms with Crippen LogP contribution in [0.1, 0.15) is 29.9 Å². The minimum Gasteiger partial charge on any atom is -0.486 e. The first-order valence-corrected chi connectivity index (χ1v) is 8.83. The zero-order chi connectivity index (χ0) is 19.9. The Morgan fingerprint density at radius 2 is 1.75 bits per heavy atom. The van der Waals surface area contributed by atoms with Gasteiger partial charge < -0.3 is 14.8 Å². The number of nitrogens with zero attached hydrogens (tertiary/aromatic N) is 2. The molecule has 146 valence electrons. The molecular weight excluding hydrogens is 371 g/mol. The number of ether oxygens (including phenoxy) is 2. The molecule has 28 heavy (non-hydrogen) atoms. The molecule has 1 aromatic heterocycles. The van der Waals surface area contributed by atoms with Crippen molar-refractivity contribution in [2.24, 2.45) is 0 Å². The number of aromatic nitrogens is 2. The smallest absolute Gasteiger partial charge is 0.416 e. The molecule has 0 spiro atoms. The Kier molecular flexibility index (Phi) is 4.49. The topological polar surface area (TPSA) is 56.3 Å². The number of benzene rings is 2. The highest BCUT2D eigenvalue weighted by Gasteiger charge is 2.30. The van der Waals surface area contributed by atoms with E-state index in [2.05, 4.69) is 15.3 Å². The van der Waals surface area contributed by atoms with Gasteiger partial charge in [-0.1, -0.05) is 12.1 Å². The van der Waals surface area contributed by atoms with Crippen molar-refractivity contribution in [2.45, 2.75) is 26.1 Å². The molecule has 1 aliphatic heterocycles. The second kappa shape index (κ2) is 6.85. The summed E-state index contributed by atoms with van der Waals surface area (Å²) in [6.45, 7) is 4.47. The van der Waals surface area contributed by atoms with Crippen LogP contribution in [0.5, 0.6) is 11.5 Å². The molecule has 1 aliphatic rings. The standard InChI is InChI=1S/C20H18F3N3O2/c1-11(13-4-3-5-14(8-13)20(21,22)23)24-19-15-9-17-18(28-7-6-27-17)10-16(15)25-12(2)26-19/h3-5,8-11H,6-7H2,1-2H3,(H,24,25,26)/t11-/m1/s1. The SMILES string of the molecule is Cc1nc(N[C@H](C)c2cccc(C(F)(F)F)c2)c2cc3c(cc2n1)OCCO3. The van der Waals surface area contributed by atoms with Gasteiger partial charge in [-0.05, 0) is 37.6 Å². The van der Waals surface area contributed by atoms with Crippen molar-refractivity contribution >= 4 is 16.7 Å². The average Bonchev–Trinajstić information content (AvgIpc) is 2.66. The molecule has 1 N–H and O–H groups in total. The Morgan fingerprint density at radius 3 is 2.46 bits per heavy atom. The van der Waals surface area contributed by atoms with Crippen molar-refractivity contribution in [3.05, 3.63) is 53.3 Å². The van der Waals surface area contributed by atoms with Gasteiger partial charge >= 0.3 is 6.18 Å². The first-order valence-electron chi connectivity index (χ1n) is 8.83. The predicted molar refractivity (Wildman–Crippen MR) is 98.7 cm³/mol. The third-order valence-corrected chi connectivity index (χ3v) is 4.54. The fourth-order valence-electron chi connectivity index (χ4n) is 3.16. The van der Waals surface area contributed by atoms with Crippen molar-refractivity contribution < 1.29 is 22.6 Å². The van der Waals surface area contributed by atoms with E-state index in [9.17, 15) is 13.2 Å². The summed E-state index contributed by atoms with van der Waals surface area (Å²) in [6, 6.07) is 8.45. The summed E-state index contributed by atoms with van der Waals surface area (Å²) >= 11 is 0. The van der Waals surface area contributed by atoms with Gasteiger partial charge in [-0.15, -0.1) is 0 Å². The Morgan fingerprint density at radius 1 is 1.04 bits per heavy atom. The van der Waals surface area contributed by atoms with Gasteiger partial charge in [0.1, 0.15) is 24.9 Å². The van der Waals surface area contributed by atoms with Gasteiger partial charge in [0.15, 0.2) is 11.5 Å². The van der Waals surface area contributed by atoms with E-state index >= 15 is 0 Å². The molecule has 0 aliphatic carbocycles. The number of fused-ring (bicyclic) bond motifs is 2. The van der Waals surface area contributed by atoms with Crippen LogP contribution in [0.3, 0.4) is 0 Å². The minimum atomic E-state index is -4.38. The van der Waals surface area contributed by atoms with Gasteiger partial charge in [0.2, 0.25) is 0 Å². The quantitative estimate of drug-likeness (QED) is 0.690. The maximum atomic E-state index is 13.0. The highest BCUT2D eigenvalue weighted by Crippen LogP contribution is 2.37. The van der Waals surface area contributed by atoms with E-state index in [1.54, 1.807) is 32.0 Å². The fraction of sp³-hybridized carbons (Fsp3) is 0.300. The normalized spacial score (nSPS) is 14.8. The van der Waals surface area contributed by atoms with Crippen molar-refractivity contribution in [3.63, 3.8) is 0 Å². The van der Waals surface area contributed by atoms with Gasteiger partial charge in [0.05, 0.1) is 11.1 Å². The molecule has 0 fully saturated rings. The largest absolute Gasteiger partial charge is 0.486 e. The number of nitrogens with one attached hydrogen (secondary N) is 1. The van der Waals surface area contributed by atoms with Crippen LogP contribution in [0.25, 0.3) is 10.9 Å². The molecule has 0 radical (unpaired) electrons. The molecule has 4 rings (SSSR count). The van der Waals surface area contributed by atoms with Gasteiger partial charge in [0, 0.05) is 17.5 Å². The van der Waals surface area contributed by atoms with Crippen LogP contribution in [-0.4, -0.2) is 23.2 Å². The number of hydrogen-bond acceptors (Lipinski definition) is 5. The van der Waals surface area contributed by atoms with Gasteiger partial charge in [-0.2, -0.15) is 13.2 Å². The van der Waals surface area contributed by atoms with Crippen LogP contribution in [-0.2, 0) is 6.18 Å². The van der Waals surface area contributed by atoms with Gasteiger partial charge in [-0.3, -0.25) is 0 Å². The summed E-state index contributed by atoms with van der Waals surface area (Å²) in [5.41, 5.74) is 0.509. The van der Waals surface area contributed by atoms with E-state index in [1.165, 1.54) is 6.07 Å². The number of hydrogen-bond donors (Lipinski definition) is 1. The van der Waals surface area contributed by atoms with Crippen molar-refractivity contribution in [1.82, 2.24) is 9.97 Å². The Balaban J connectivity index is 1.71. The maximum Gasteiger partial charge on any atom is 0.416 e. The summed E-state index contributed by atoms with van der Waals surface area (Å²) < 4.78 is 50.3. The van der Waals surface area contributed by atoms with Crippen LogP contribution in [0.2, 0.25) is 0 Å². The lowest BCUT2D eigenvalue weighted by atomic mass is 10.0. The van der Waals surface area contributed by atoms with E-state index < -0.39 is 17.8 Å². The van der Waals surface area contributed by atoms with Crippen LogP contribution in [0, 0.1) is 6.92 Å². The van der Waals surface area contributed by atoms with E-state index in [-0.39, 0.29) is 0 Å². The Labute approximate surface area is 159 Å². The highest BCUT2D eigenvalue weighted by molar-refractivity contribution is 5.92. The van der Waals surface area contributed by atoms with Crippen LogP contribution in [0.4, 0.5) is 19.0 Å². The molecule has 1 atom stereocenters. The van der Waals surface area contributed by atoms with Gasteiger partial charge in [0.25, 0.3) is 0 Å². The number of aryl methyl sites for hydroxylation is 1. The molecule has 0 saturated carbocycles. The van der Waals surface area contributed by atoms with Crippen LogP contribution in [0.15, 0.2) is 36.4 Å². The van der Waals surface area contributed by atoms with Crippen molar-refractivity contribution in [1.29, 1.82) is 0 Å². The molecule has 0 bridgehead atoms. The lowest BCUT2D eigenvalue weighted by molar-refractivity contribution is -0.137. The summed E-state index contributed by atoms with van der Waals surface area (Å²) in [4.78, 5) is 8.88. The molecule has 2 aromatic carbocycles. The molecule has 5 nitrogen and oxygen atoms in total. The fourth-order valence-corrected chi connectivity index (χ4v) is 3.16. The van der Waals surface area contributed by atoms with E-state index in [0.29, 0.717) is 52.8 Å². The summed E-state index contributed by atoms with van der Waals surface area (Å²) in [5.74, 6) is 2.29. The third-order valence-electron chi connectivity index (χ3n) is 4.54. The maximum absolute atomic E-state index is 13.0. The second-order valence-corrected chi connectivity index (χ2v) is 6.62. The van der Waals surface area contributed by atoms with E-state index in [0.717, 1.165) is 12.1 Å². The number of alkyl halides is 3. The highest BCUT2D eigenvalue weighted by atomic mass is 19.4. The molecule has 0 unspecified atom stereocenters. The lowest BCUT2D eigenvalue weighted by Crippen LogP contribution is -2.16. The summed E-state index contributed by atoms with van der Waals surface area (Å²) in [7, 11) is 0. The number of halogens is 3. The third kappa shape index (κ3) is 3.54. The van der Waals surface area contributed by atoms with Crippen LogP contribution >= 0.6 is 0 Å². The lowest BCUT2D eigenvalue weighted by Gasteiger charge is -2.21. The minimum absolute atomic E-state index is 0.395. The molecule has 8 heteroatoms. The molecular formula is C20H18F3N3O2. The van der Waals surface area contributed by atoms with Gasteiger partial charge in [-0.25, -0.2) is 9.97 Å². The Hall–Kier alpha value is -3.03. The molecule has 2 heterocycles. The zero-order valence-corrected chi connectivity index (χ0v) is 15.3. The zero-order valence-electron chi connectivity index (χ0n) is 15.3. The van der Waals surface area contributed by atoms with E-state index in [4.69, 9.17) is 9.47 Å². The summed E-state index contributed by atoms with van der Waals surface area (Å²) in [6.07, 6.45) is -4.38. The van der Waals surface area contributed by atoms with Crippen molar-refractivity contribution in [3.8, 4) is 11.5 Å². The van der Waals surface area contributed by atoms with E-state index in [1.807, 2.05) is 0 Å². The number of rotatable bonds is 3.